The summed E-state index contributed by atoms with van der Waals surface area (Å²) in [6.07, 6.45) is 1.67. The second-order valence-corrected chi connectivity index (χ2v) is 3.93. The number of benzene rings is 1. The number of aryl methyl sites for hydroxylation is 1. The summed E-state index contributed by atoms with van der Waals surface area (Å²) in [5.41, 5.74) is 1.38. The number of rotatable bonds is 2. The molecule has 1 aromatic heterocycles. The molecule has 6 nitrogen and oxygen atoms in total. The Kier molecular flexibility index (Phi) is 2.22. The van der Waals surface area contributed by atoms with E-state index in [0.717, 1.165) is 5.56 Å². The van der Waals surface area contributed by atoms with Crippen molar-refractivity contribution in [3.05, 3.63) is 30.2 Å². The molecule has 0 saturated carbocycles. The second-order valence-electron chi connectivity index (χ2n) is 3.93. The molecule has 1 aromatic carbocycles. The van der Waals surface area contributed by atoms with Crippen LogP contribution in [0.2, 0.25) is 0 Å². The largest absolute Gasteiger partial charge is 0.475 e. The lowest BCUT2D eigenvalue weighted by molar-refractivity contribution is 0.0680. The van der Waals surface area contributed by atoms with E-state index in [-0.39, 0.29) is 12.6 Å². The Bertz CT molecular complexity index is 633. The Labute approximate surface area is 102 Å². The first kappa shape index (κ1) is 10.6. The summed E-state index contributed by atoms with van der Waals surface area (Å²) in [4.78, 5) is 15.0. The second kappa shape index (κ2) is 3.76. The molecule has 0 unspecified atom stereocenters. The van der Waals surface area contributed by atoms with E-state index < -0.39 is 5.97 Å². The number of fused-ring (bicyclic) bond motifs is 1. The molecule has 0 radical (unpaired) electrons. The number of carbonyl (C=O) groups is 1. The summed E-state index contributed by atoms with van der Waals surface area (Å²) in [6.45, 7) is 0.210. The molecule has 1 N–H and O–H groups in total. The summed E-state index contributed by atoms with van der Waals surface area (Å²) in [7, 11) is 1.65. The summed E-state index contributed by atoms with van der Waals surface area (Å²) in [5.74, 6) is 0.287. The summed E-state index contributed by atoms with van der Waals surface area (Å²) < 4.78 is 12.0. The smallest absolute Gasteiger partial charge is 0.372 e. The van der Waals surface area contributed by atoms with Gasteiger partial charge in [-0.2, -0.15) is 0 Å². The Morgan fingerprint density at radius 1 is 1.39 bits per heavy atom. The van der Waals surface area contributed by atoms with Gasteiger partial charge in [0.2, 0.25) is 12.6 Å². The molecule has 92 valence electrons. The topological polar surface area (TPSA) is 73.6 Å². The Morgan fingerprint density at radius 2 is 2.17 bits per heavy atom. The van der Waals surface area contributed by atoms with Gasteiger partial charge in [-0.25, -0.2) is 9.78 Å². The van der Waals surface area contributed by atoms with Gasteiger partial charge >= 0.3 is 5.97 Å². The van der Waals surface area contributed by atoms with Crippen LogP contribution >= 0.6 is 0 Å². The Balaban J connectivity index is 2.05. The maximum atomic E-state index is 10.9. The molecule has 0 aliphatic carbocycles. The van der Waals surface area contributed by atoms with E-state index in [1.807, 2.05) is 6.07 Å². The number of aromatic carboxylic acids is 1. The van der Waals surface area contributed by atoms with Crippen molar-refractivity contribution in [2.24, 2.45) is 7.05 Å². The van der Waals surface area contributed by atoms with E-state index in [1.54, 1.807) is 25.4 Å². The minimum absolute atomic E-state index is 0.00247. The normalized spacial score (nSPS) is 12.7. The zero-order chi connectivity index (χ0) is 12.7. The molecular formula is C12H10N2O4. The van der Waals surface area contributed by atoms with Gasteiger partial charge in [0.15, 0.2) is 11.5 Å². The lowest BCUT2D eigenvalue weighted by Crippen LogP contribution is -2.04. The number of carboxylic acid groups (broad SMARTS) is 1. The molecule has 6 heteroatoms. The molecule has 2 heterocycles. The number of hydrogen-bond acceptors (Lipinski definition) is 4. The highest BCUT2D eigenvalue weighted by molar-refractivity contribution is 5.84. The van der Waals surface area contributed by atoms with E-state index in [9.17, 15) is 4.79 Å². The van der Waals surface area contributed by atoms with Crippen molar-refractivity contribution in [3.63, 3.8) is 0 Å². The van der Waals surface area contributed by atoms with Crippen LogP contribution in [-0.2, 0) is 7.05 Å². The van der Waals surface area contributed by atoms with Gasteiger partial charge in [0.25, 0.3) is 0 Å². The molecule has 1 aliphatic heterocycles. The standard InChI is InChI=1S/C12H10N2O4/c1-14-5-8(13-11(14)12(15)16)7-2-3-9-10(4-7)18-6-17-9/h2-5H,6H2,1H3,(H,15,16). The van der Waals surface area contributed by atoms with Crippen LogP contribution in [0.1, 0.15) is 10.6 Å². The fourth-order valence-corrected chi connectivity index (χ4v) is 1.86. The first-order valence-electron chi connectivity index (χ1n) is 5.32. The van der Waals surface area contributed by atoms with Crippen molar-refractivity contribution in [3.8, 4) is 22.8 Å². The zero-order valence-electron chi connectivity index (χ0n) is 9.58. The first-order valence-corrected chi connectivity index (χ1v) is 5.32. The monoisotopic (exact) mass is 246 g/mol. The van der Waals surface area contributed by atoms with Gasteiger partial charge < -0.3 is 19.1 Å². The first-order chi connectivity index (χ1) is 8.65. The third kappa shape index (κ3) is 1.58. The third-order valence-corrected chi connectivity index (χ3v) is 2.74. The molecule has 0 bridgehead atoms. The average molecular weight is 246 g/mol. The number of imidazole rings is 1. The molecule has 0 saturated heterocycles. The molecule has 0 spiro atoms. The van der Waals surface area contributed by atoms with Gasteiger partial charge in [0.1, 0.15) is 0 Å². The fourth-order valence-electron chi connectivity index (χ4n) is 1.86. The average Bonchev–Trinajstić information content (AvgIpc) is 2.93. The van der Waals surface area contributed by atoms with Crippen LogP contribution in [0.15, 0.2) is 24.4 Å². The Morgan fingerprint density at radius 3 is 2.89 bits per heavy atom. The van der Waals surface area contributed by atoms with Crippen LogP contribution in [0.4, 0.5) is 0 Å². The van der Waals surface area contributed by atoms with Crippen LogP contribution in [0.3, 0.4) is 0 Å². The minimum atomic E-state index is -1.05. The van der Waals surface area contributed by atoms with Gasteiger partial charge in [-0.15, -0.1) is 0 Å². The zero-order valence-corrected chi connectivity index (χ0v) is 9.58. The number of aromatic nitrogens is 2. The van der Waals surface area contributed by atoms with Crippen LogP contribution in [0.25, 0.3) is 11.3 Å². The van der Waals surface area contributed by atoms with Gasteiger partial charge in [-0.05, 0) is 18.2 Å². The predicted molar refractivity (Wildman–Crippen MR) is 61.7 cm³/mol. The maximum Gasteiger partial charge on any atom is 0.372 e. The van der Waals surface area contributed by atoms with E-state index in [0.29, 0.717) is 17.2 Å². The predicted octanol–water partition coefficient (Wildman–Crippen LogP) is 1.51. The highest BCUT2D eigenvalue weighted by Crippen LogP contribution is 2.35. The minimum Gasteiger partial charge on any atom is -0.475 e. The molecule has 0 fully saturated rings. The fraction of sp³-hybridized carbons (Fsp3) is 0.167. The van der Waals surface area contributed by atoms with Gasteiger partial charge in [0, 0.05) is 18.8 Å². The summed E-state index contributed by atoms with van der Waals surface area (Å²) in [5, 5.41) is 8.95. The van der Waals surface area contributed by atoms with Crippen LogP contribution in [0, 0.1) is 0 Å². The van der Waals surface area contributed by atoms with Crippen molar-refractivity contribution in [2.75, 3.05) is 6.79 Å². The molecule has 18 heavy (non-hydrogen) atoms. The van der Waals surface area contributed by atoms with Crippen molar-refractivity contribution >= 4 is 5.97 Å². The highest BCUT2D eigenvalue weighted by Gasteiger charge is 2.17. The molecular weight excluding hydrogens is 236 g/mol. The molecule has 0 atom stereocenters. The van der Waals surface area contributed by atoms with Gasteiger partial charge in [-0.3, -0.25) is 0 Å². The lowest BCUT2D eigenvalue weighted by atomic mass is 10.1. The van der Waals surface area contributed by atoms with Crippen LogP contribution < -0.4 is 9.47 Å². The number of hydrogen-bond donors (Lipinski definition) is 1. The van der Waals surface area contributed by atoms with Crippen molar-refractivity contribution in [1.29, 1.82) is 0 Å². The number of carboxylic acids is 1. The molecule has 0 amide bonds. The SMILES string of the molecule is Cn1cc(-c2ccc3c(c2)OCO3)nc1C(=O)O. The van der Waals surface area contributed by atoms with Gasteiger partial charge in [0.05, 0.1) is 5.69 Å². The summed E-state index contributed by atoms with van der Waals surface area (Å²) >= 11 is 0. The van der Waals surface area contributed by atoms with Crippen molar-refractivity contribution in [2.45, 2.75) is 0 Å². The highest BCUT2D eigenvalue weighted by atomic mass is 16.7. The molecule has 3 rings (SSSR count). The van der Waals surface area contributed by atoms with Gasteiger partial charge in [-0.1, -0.05) is 0 Å². The third-order valence-electron chi connectivity index (χ3n) is 2.74. The summed E-state index contributed by atoms with van der Waals surface area (Å²) in [6, 6.07) is 5.39. The number of ether oxygens (including phenoxy) is 2. The van der Waals surface area contributed by atoms with E-state index in [1.165, 1.54) is 4.57 Å². The number of nitrogens with zero attached hydrogens (tertiary/aromatic N) is 2. The van der Waals surface area contributed by atoms with Crippen LogP contribution in [0.5, 0.6) is 11.5 Å². The molecule has 2 aromatic rings. The van der Waals surface area contributed by atoms with E-state index >= 15 is 0 Å². The van der Waals surface area contributed by atoms with Crippen LogP contribution in [-0.4, -0.2) is 27.4 Å². The Hall–Kier alpha value is -2.50. The van der Waals surface area contributed by atoms with E-state index in [4.69, 9.17) is 14.6 Å². The maximum absolute atomic E-state index is 10.9. The van der Waals surface area contributed by atoms with Crippen molar-refractivity contribution < 1.29 is 19.4 Å². The molecule has 1 aliphatic rings. The quantitative estimate of drug-likeness (QED) is 0.869. The lowest BCUT2D eigenvalue weighted by Gasteiger charge is -1.99. The van der Waals surface area contributed by atoms with E-state index in [2.05, 4.69) is 4.98 Å². The van der Waals surface area contributed by atoms with Crippen molar-refractivity contribution in [1.82, 2.24) is 9.55 Å².